The lowest BCUT2D eigenvalue weighted by atomic mass is 10.2. The van der Waals surface area contributed by atoms with Gasteiger partial charge in [0.25, 0.3) is 5.69 Å². The monoisotopic (exact) mass is 301 g/mol. The highest BCUT2D eigenvalue weighted by Crippen LogP contribution is 2.28. The summed E-state index contributed by atoms with van der Waals surface area (Å²) in [5.41, 5.74) is 5.04. The smallest absolute Gasteiger partial charge is 0.288 e. The molecule has 1 aromatic carbocycles. The number of hydrogen-bond acceptors (Lipinski definition) is 5. The number of nitrogens with two attached hydrogens (primary N) is 1. The molecule has 8 heteroatoms. The summed E-state index contributed by atoms with van der Waals surface area (Å²) < 4.78 is 5.37. The second-order valence-corrected chi connectivity index (χ2v) is 4.50. The number of rotatable bonds is 8. The number of nitrogens with one attached hydrogen (secondary N) is 1. The average Bonchev–Trinajstić information content (AvgIpc) is 2.38. The predicted molar refractivity (Wildman–Crippen MR) is 74.9 cm³/mol. The summed E-state index contributed by atoms with van der Waals surface area (Å²) in [6, 6.07) is 3.37. The Morgan fingerprint density at radius 1 is 1.60 bits per heavy atom. The van der Waals surface area contributed by atoms with Gasteiger partial charge in [-0.3, -0.25) is 14.9 Å². The van der Waals surface area contributed by atoms with Crippen LogP contribution in [0.2, 0.25) is 5.02 Å². The number of nitrogens with zero attached hydrogens (tertiary/aromatic N) is 1. The van der Waals surface area contributed by atoms with E-state index in [-0.39, 0.29) is 17.3 Å². The van der Waals surface area contributed by atoms with Crippen LogP contribution in [0.3, 0.4) is 0 Å². The molecule has 0 saturated heterocycles. The minimum atomic E-state index is -0.621. The number of ether oxygens (including phenoxy) is 1. The predicted octanol–water partition coefficient (Wildman–Crippen LogP) is 1.48. The first kappa shape index (κ1) is 16.2. The van der Waals surface area contributed by atoms with E-state index in [1.54, 1.807) is 0 Å². The summed E-state index contributed by atoms with van der Waals surface area (Å²) in [5, 5.41) is 13.5. The highest BCUT2D eigenvalue weighted by atomic mass is 35.5. The van der Waals surface area contributed by atoms with E-state index in [9.17, 15) is 14.9 Å². The number of nitro groups is 1. The van der Waals surface area contributed by atoms with Crippen molar-refractivity contribution in [2.24, 2.45) is 5.73 Å². The van der Waals surface area contributed by atoms with Crippen molar-refractivity contribution < 1.29 is 14.5 Å². The van der Waals surface area contributed by atoms with Crippen LogP contribution in [-0.2, 0) is 4.79 Å². The standard InChI is InChI=1S/C12H16ClN3O4/c1-2-5-15-10(12(14)17)7-20-8-3-4-11(16(18)19)9(13)6-8/h3-4,6,10,15H,2,5,7H2,1H3,(H2,14,17). The van der Waals surface area contributed by atoms with Gasteiger partial charge in [-0.2, -0.15) is 0 Å². The van der Waals surface area contributed by atoms with E-state index >= 15 is 0 Å². The Labute approximate surface area is 121 Å². The first-order chi connectivity index (χ1) is 9.45. The molecular formula is C12H16ClN3O4. The van der Waals surface area contributed by atoms with Crippen LogP contribution in [0, 0.1) is 10.1 Å². The number of hydrogen-bond donors (Lipinski definition) is 2. The Balaban J connectivity index is 2.66. The van der Waals surface area contributed by atoms with Crippen molar-refractivity contribution in [3.63, 3.8) is 0 Å². The molecule has 1 aromatic rings. The Kier molecular flexibility index (Phi) is 6.20. The van der Waals surface area contributed by atoms with Crippen molar-refractivity contribution in [3.8, 4) is 5.75 Å². The largest absolute Gasteiger partial charge is 0.491 e. The van der Waals surface area contributed by atoms with Gasteiger partial charge in [0.2, 0.25) is 5.91 Å². The van der Waals surface area contributed by atoms with Crippen LogP contribution in [0.25, 0.3) is 0 Å². The molecule has 0 fully saturated rings. The molecule has 0 aromatic heterocycles. The lowest BCUT2D eigenvalue weighted by molar-refractivity contribution is -0.384. The molecule has 20 heavy (non-hydrogen) atoms. The topological polar surface area (TPSA) is 107 Å². The van der Waals surface area contributed by atoms with Crippen molar-refractivity contribution >= 4 is 23.2 Å². The molecule has 0 bridgehead atoms. The molecule has 3 N–H and O–H groups in total. The van der Waals surface area contributed by atoms with Crippen molar-refractivity contribution in [1.82, 2.24) is 5.32 Å². The van der Waals surface area contributed by atoms with E-state index in [4.69, 9.17) is 22.1 Å². The van der Waals surface area contributed by atoms with Gasteiger partial charge >= 0.3 is 0 Å². The Hall–Kier alpha value is -1.86. The molecule has 0 aliphatic rings. The van der Waals surface area contributed by atoms with E-state index < -0.39 is 16.9 Å². The quantitative estimate of drug-likeness (QED) is 0.558. The SMILES string of the molecule is CCCNC(COc1ccc([N+](=O)[O-])c(Cl)c1)C(N)=O. The number of benzene rings is 1. The normalized spacial score (nSPS) is 11.9. The number of amides is 1. The molecular weight excluding hydrogens is 286 g/mol. The molecule has 110 valence electrons. The zero-order valence-corrected chi connectivity index (χ0v) is 11.7. The summed E-state index contributed by atoms with van der Waals surface area (Å²) >= 11 is 5.76. The second kappa shape index (κ2) is 7.66. The zero-order chi connectivity index (χ0) is 15.1. The van der Waals surface area contributed by atoms with Gasteiger partial charge in [0.15, 0.2) is 0 Å². The fraction of sp³-hybridized carbons (Fsp3) is 0.417. The Morgan fingerprint density at radius 2 is 2.30 bits per heavy atom. The number of nitro benzene ring substituents is 1. The van der Waals surface area contributed by atoms with Crippen molar-refractivity contribution in [2.75, 3.05) is 13.2 Å². The van der Waals surface area contributed by atoms with Crippen LogP contribution in [0.5, 0.6) is 5.75 Å². The Bertz CT molecular complexity index is 496. The molecule has 1 amide bonds. The first-order valence-electron chi connectivity index (χ1n) is 6.05. The molecule has 0 saturated carbocycles. The zero-order valence-electron chi connectivity index (χ0n) is 11.0. The third-order valence-electron chi connectivity index (χ3n) is 2.52. The molecule has 1 atom stereocenters. The Morgan fingerprint density at radius 3 is 2.80 bits per heavy atom. The van der Waals surface area contributed by atoms with Crippen molar-refractivity contribution in [2.45, 2.75) is 19.4 Å². The summed E-state index contributed by atoms with van der Waals surface area (Å²) in [6.07, 6.45) is 0.854. The van der Waals surface area contributed by atoms with Gasteiger partial charge in [-0.05, 0) is 19.0 Å². The van der Waals surface area contributed by atoms with E-state index in [2.05, 4.69) is 5.32 Å². The summed E-state index contributed by atoms with van der Waals surface area (Å²) in [6.45, 7) is 2.63. The minimum absolute atomic E-state index is 0.0235. The van der Waals surface area contributed by atoms with Crippen molar-refractivity contribution in [3.05, 3.63) is 33.3 Å². The average molecular weight is 302 g/mol. The van der Waals surface area contributed by atoms with E-state index in [0.29, 0.717) is 12.3 Å². The van der Waals surface area contributed by atoms with Gasteiger partial charge < -0.3 is 15.8 Å². The molecule has 1 rings (SSSR count). The van der Waals surface area contributed by atoms with E-state index in [1.807, 2.05) is 6.92 Å². The van der Waals surface area contributed by atoms with Crippen LogP contribution in [0.4, 0.5) is 5.69 Å². The molecule has 0 aliphatic carbocycles. The molecule has 0 spiro atoms. The highest BCUT2D eigenvalue weighted by molar-refractivity contribution is 6.32. The van der Waals surface area contributed by atoms with Gasteiger partial charge in [-0.25, -0.2) is 0 Å². The summed E-state index contributed by atoms with van der Waals surface area (Å²) in [5.74, 6) is -0.184. The van der Waals surface area contributed by atoms with Crippen LogP contribution in [0.15, 0.2) is 18.2 Å². The number of carbonyl (C=O) groups excluding carboxylic acids is 1. The maximum atomic E-state index is 11.2. The van der Waals surface area contributed by atoms with Gasteiger partial charge in [-0.15, -0.1) is 0 Å². The molecule has 0 aliphatic heterocycles. The molecule has 0 radical (unpaired) electrons. The number of carbonyl (C=O) groups is 1. The molecule has 0 heterocycles. The van der Waals surface area contributed by atoms with E-state index in [1.165, 1.54) is 18.2 Å². The third-order valence-corrected chi connectivity index (χ3v) is 2.82. The summed E-state index contributed by atoms with van der Waals surface area (Å²) in [7, 11) is 0. The molecule has 7 nitrogen and oxygen atoms in total. The maximum absolute atomic E-state index is 11.2. The van der Waals surface area contributed by atoms with Crippen LogP contribution < -0.4 is 15.8 Å². The van der Waals surface area contributed by atoms with Gasteiger partial charge in [0.1, 0.15) is 23.4 Å². The second-order valence-electron chi connectivity index (χ2n) is 4.09. The van der Waals surface area contributed by atoms with E-state index in [0.717, 1.165) is 6.42 Å². The summed E-state index contributed by atoms with van der Waals surface area (Å²) in [4.78, 5) is 21.2. The lowest BCUT2D eigenvalue weighted by Crippen LogP contribution is -2.45. The minimum Gasteiger partial charge on any atom is -0.491 e. The fourth-order valence-corrected chi connectivity index (χ4v) is 1.70. The van der Waals surface area contributed by atoms with Crippen LogP contribution >= 0.6 is 11.6 Å². The highest BCUT2D eigenvalue weighted by Gasteiger charge is 2.16. The van der Waals surface area contributed by atoms with Gasteiger partial charge in [0.05, 0.1) is 4.92 Å². The van der Waals surface area contributed by atoms with Gasteiger partial charge in [-0.1, -0.05) is 18.5 Å². The number of halogens is 1. The van der Waals surface area contributed by atoms with Crippen molar-refractivity contribution in [1.29, 1.82) is 0 Å². The van der Waals surface area contributed by atoms with Gasteiger partial charge in [0, 0.05) is 12.1 Å². The lowest BCUT2D eigenvalue weighted by Gasteiger charge is -2.15. The first-order valence-corrected chi connectivity index (χ1v) is 6.43. The fourth-order valence-electron chi connectivity index (χ4n) is 1.47. The maximum Gasteiger partial charge on any atom is 0.288 e. The van der Waals surface area contributed by atoms with Crippen LogP contribution in [-0.4, -0.2) is 30.0 Å². The van der Waals surface area contributed by atoms with Crippen LogP contribution in [0.1, 0.15) is 13.3 Å². The third kappa shape index (κ3) is 4.67. The molecule has 1 unspecified atom stereocenters. The number of primary amides is 1.